The number of hydrogen-bond acceptors (Lipinski definition) is 5. The number of nitrogens with zero attached hydrogens (tertiary/aromatic N) is 4. The van der Waals surface area contributed by atoms with Crippen LogP contribution in [0.4, 0.5) is 0 Å². The van der Waals surface area contributed by atoms with Crippen molar-refractivity contribution in [3.63, 3.8) is 0 Å². The quantitative estimate of drug-likeness (QED) is 0.934. The minimum absolute atomic E-state index is 0.00546. The standard InChI is InChI=1S/C16H19N5OS/c1-12-19-15(11-23-12)10-20-3-2-4-21(6-5-20)16(22)13-7-14(8-17)18-9-13/h7,9,11,18H,2-6,10H2,1H3. The molecule has 0 aromatic carbocycles. The van der Waals surface area contributed by atoms with E-state index in [1.54, 1.807) is 23.6 Å². The lowest BCUT2D eigenvalue weighted by Crippen LogP contribution is -2.35. The molecule has 1 amide bonds. The molecule has 1 fully saturated rings. The van der Waals surface area contributed by atoms with Gasteiger partial charge in [-0.05, 0) is 19.4 Å². The van der Waals surface area contributed by atoms with Gasteiger partial charge < -0.3 is 9.88 Å². The number of aromatic nitrogens is 2. The zero-order valence-electron chi connectivity index (χ0n) is 13.1. The molecular formula is C16H19N5OS. The van der Waals surface area contributed by atoms with Gasteiger partial charge in [0, 0.05) is 44.3 Å². The molecule has 2 aromatic heterocycles. The number of nitriles is 1. The minimum atomic E-state index is -0.00546. The second-order valence-electron chi connectivity index (χ2n) is 5.69. The molecule has 2 aromatic rings. The molecule has 0 atom stereocenters. The molecule has 0 radical (unpaired) electrons. The first-order chi connectivity index (χ1) is 11.2. The van der Waals surface area contributed by atoms with Gasteiger partial charge in [0.2, 0.25) is 0 Å². The van der Waals surface area contributed by atoms with Gasteiger partial charge in [-0.1, -0.05) is 0 Å². The maximum atomic E-state index is 12.5. The molecule has 0 spiro atoms. The fraction of sp³-hybridized carbons (Fsp3) is 0.438. The number of hydrogen-bond donors (Lipinski definition) is 1. The SMILES string of the molecule is Cc1nc(CN2CCCN(C(=O)c3c[nH]c(C#N)c3)CC2)cs1. The van der Waals surface area contributed by atoms with Crippen LogP contribution in [0.25, 0.3) is 0 Å². The Bertz CT molecular complexity index is 729. The number of amides is 1. The summed E-state index contributed by atoms with van der Waals surface area (Å²) >= 11 is 1.67. The Balaban J connectivity index is 1.59. The third kappa shape index (κ3) is 3.78. The molecule has 0 saturated carbocycles. The van der Waals surface area contributed by atoms with Crippen LogP contribution >= 0.6 is 11.3 Å². The Morgan fingerprint density at radius 2 is 2.30 bits per heavy atom. The number of thiazole rings is 1. The predicted molar refractivity (Wildman–Crippen MR) is 88.2 cm³/mol. The van der Waals surface area contributed by atoms with Crippen LogP contribution in [0.3, 0.4) is 0 Å². The van der Waals surface area contributed by atoms with Gasteiger partial charge in [0.05, 0.1) is 16.3 Å². The fourth-order valence-electron chi connectivity index (χ4n) is 2.81. The van der Waals surface area contributed by atoms with Gasteiger partial charge in [-0.2, -0.15) is 5.26 Å². The first kappa shape index (κ1) is 15.7. The molecule has 6 nitrogen and oxygen atoms in total. The molecule has 1 aliphatic heterocycles. The normalized spacial score (nSPS) is 16.1. The highest BCUT2D eigenvalue weighted by molar-refractivity contribution is 7.09. The lowest BCUT2D eigenvalue weighted by Gasteiger charge is -2.21. The van der Waals surface area contributed by atoms with Crippen LogP contribution in [0.15, 0.2) is 17.6 Å². The summed E-state index contributed by atoms with van der Waals surface area (Å²) in [6, 6.07) is 3.63. The van der Waals surface area contributed by atoms with Crippen molar-refractivity contribution in [3.05, 3.63) is 39.6 Å². The molecule has 0 unspecified atom stereocenters. The fourth-order valence-corrected chi connectivity index (χ4v) is 3.41. The topological polar surface area (TPSA) is 76.0 Å². The van der Waals surface area contributed by atoms with E-state index in [1.807, 2.05) is 17.9 Å². The van der Waals surface area contributed by atoms with Gasteiger partial charge in [0.1, 0.15) is 11.8 Å². The van der Waals surface area contributed by atoms with Gasteiger partial charge in [0.15, 0.2) is 0 Å². The van der Waals surface area contributed by atoms with E-state index in [2.05, 4.69) is 20.2 Å². The van der Waals surface area contributed by atoms with E-state index < -0.39 is 0 Å². The van der Waals surface area contributed by atoms with Gasteiger partial charge in [0.25, 0.3) is 5.91 Å². The highest BCUT2D eigenvalue weighted by Crippen LogP contribution is 2.14. The summed E-state index contributed by atoms with van der Waals surface area (Å²) in [4.78, 5) is 24.1. The van der Waals surface area contributed by atoms with Crippen LogP contribution in [0.5, 0.6) is 0 Å². The van der Waals surface area contributed by atoms with Crippen LogP contribution in [-0.4, -0.2) is 51.9 Å². The molecule has 23 heavy (non-hydrogen) atoms. The molecule has 0 aliphatic carbocycles. The highest BCUT2D eigenvalue weighted by atomic mass is 32.1. The van der Waals surface area contributed by atoms with Crippen molar-refractivity contribution in [2.75, 3.05) is 26.2 Å². The summed E-state index contributed by atoms with van der Waals surface area (Å²) in [5.74, 6) is -0.00546. The Hall–Kier alpha value is -2.17. The summed E-state index contributed by atoms with van der Waals surface area (Å²) < 4.78 is 0. The summed E-state index contributed by atoms with van der Waals surface area (Å²) in [6.07, 6.45) is 2.56. The monoisotopic (exact) mass is 329 g/mol. The summed E-state index contributed by atoms with van der Waals surface area (Å²) in [5, 5.41) is 12.0. The number of aryl methyl sites for hydroxylation is 1. The zero-order chi connectivity index (χ0) is 16.2. The molecule has 3 heterocycles. The number of aromatic amines is 1. The first-order valence-corrected chi connectivity index (χ1v) is 8.55. The van der Waals surface area contributed by atoms with Gasteiger partial charge >= 0.3 is 0 Å². The lowest BCUT2D eigenvalue weighted by atomic mass is 10.2. The van der Waals surface area contributed by atoms with Crippen LogP contribution in [0.1, 0.15) is 33.2 Å². The van der Waals surface area contributed by atoms with E-state index in [-0.39, 0.29) is 5.91 Å². The van der Waals surface area contributed by atoms with Crippen molar-refractivity contribution in [2.24, 2.45) is 0 Å². The van der Waals surface area contributed by atoms with Crippen LogP contribution < -0.4 is 0 Å². The lowest BCUT2D eigenvalue weighted by molar-refractivity contribution is 0.0761. The second kappa shape index (κ2) is 6.94. The minimum Gasteiger partial charge on any atom is -0.352 e. The number of nitrogens with one attached hydrogen (secondary N) is 1. The summed E-state index contributed by atoms with van der Waals surface area (Å²) in [6.45, 7) is 6.13. The first-order valence-electron chi connectivity index (χ1n) is 7.67. The molecule has 3 rings (SSSR count). The summed E-state index contributed by atoms with van der Waals surface area (Å²) in [5.41, 5.74) is 2.09. The predicted octanol–water partition coefficient (Wildman–Crippen LogP) is 2.00. The maximum Gasteiger partial charge on any atom is 0.255 e. The second-order valence-corrected chi connectivity index (χ2v) is 6.76. The van der Waals surface area contributed by atoms with Crippen molar-refractivity contribution < 1.29 is 4.79 Å². The van der Waals surface area contributed by atoms with Crippen molar-refractivity contribution in [2.45, 2.75) is 19.9 Å². The Morgan fingerprint density at radius 1 is 1.43 bits per heavy atom. The smallest absolute Gasteiger partial charge is 0.255 e. The third-order valence-electron chi connectivity index (χ3n) is 3.98. The highest BCUT2D eigenvalue weighted by Gasteiger charge is 2.21. The Labute approximate surface area is 139 Å². The Kier molecular flexibility index (Phi) is 4.74. The van der Waals surface area contributed by atoms with E-state index >= 15 is 0 Å². The van der Waals surface area contributed by atoms with Crippen molar-refractivity contribution >= 4 is 17.2 Å². The van der Waals surface area contributed by atoms with E-state index in [0.29, 0.717) is 17.8 Å². The molecule has 1 N–H and O–H groups in total. The molecule has 7 heteroatoms. The number of H-pyrrole nitrogens is 1. The average molecular weight is 329 g/mol. The zero-order valence-corrected chi connectivity index (χ0v) is 13.9. The van der Waals surface area contributed by atoms with E-state index in [4.69, 9.17) is 5.26 Å². The number of rotatable bonds is 3. The van der Waals surface area contributed by atoms with Crippen molar-refractivity contribution in [1.29, 1.82) is 5.26 Å². The number of carbonyl (C=O) groups is 1. The van der Waals surface area contributed by atoms with Crippen molar-refractivity contribution in [3.8, 4) is 6.07 Å². The Morgan fingerprint density at radius 3 is 3.00 bits per heavy atom. The van der Waals surface area contributed by atoms with Crippen LogP contribution in [-0.2, 0) is 6.54 Å². The maximum absolute atomic E-state index is 12.5. The molecule has 1 saturated heterocycles. The van der Waals surface area contributed by atoms with Crippen LogP contribution in [0, 0.1) is 18.3 Å². The largest absolute Gasteiger partial charge is 0.352 e. The molecular weight excluding hydrogens is 310 g/mol. The summed E-state index contributed by atoms with van der Waals surface area (Å²) in [7, 11) is 0. The van der Waals surface area contributed by atoms with E-state index in [1.165, 1.54) is 0 Å². The van der Waals surface area contributed by atoms with Crippen LogP contribution in [0.2, 0.25) is 0 Å². The molecule has 0 bridgehead atoms. The molecule has 120 valence electrons. The average Bonchev–Trinajstić information content (AvgIpc) is 3.12. The number of carbonyl (C=O) groups excluding carboxylic acids is 1. The van der Waals surface area contributed by atoms with Crippen molar-refractivity contribution in [1.82, 2.24) is 19.8 Å². The van der Waals surface area contributed by atoms with E-state index in [0.717, 1.165) is 43.3 Å². The van der Waals surface area contributed by atoms with Gasteiger partial charge in [-0.3, -0.25) is 9.69 Å². The van der Waals surface area contributed by atoms with E-state index in [9.17, 15) is 4.79 Å². The third-order valence-corrected chi connectivity index (χ3v) is 4.80. The van der Waals surface area contributed by atoms with Gasteiger partial charge in [-0.25, -0.2) is 4.98 Å². The van der Waals surface area contributed by atoms with Gasteiger partial charge in [-0.15, -0.1) is 11.3 Å². The molecule has 1 aliphatic rings.